The second kappa shape index (κ2) is 54.4. The number of hydrogen-bond acceptors (Lipinski definition) is 32. The number of anilines is 2. The van der Waals surface area contributed by atoms with Gasteiger partial charge in [-0.05, 0) is 138 Å². The number of nitrogens with one attached hydrogen (secondary N) is 1. The number of carbonyl (C=O) groups is 6. The first kappa shape index (κ1) is 102. The van der Waals surface area contributed by atoms with Gasteiger partial charge in [-0.25, -0.2) is 24.1 Å². The number of rotatable bonds is 45. The number of Topliss-reactive ketones (excluding diaryl/α,β-unsaturated/α-hetero) is 3. The number of nitrogens with zero attached hydrogens (tertiary/aromatic N) is 9. The highest BCUT2D eigenvalue weighted by atomic mass is 16.6. The van der Waals surface area contributed by atoms with Crippen LogP contribution in [0, 0.1) is 35.5 Å². The molecule has 127 heavy (non-hydrogen) atoms. The number of benzene rings is 1. The van der Waals surface area contributed by atoms with Crippen molar-refractivity contribution in [3.63, 3.8) is 0 Å². The minimum atomic E-state index is -2.47. The molecule has 2 amide bonds. The number of amides is 2. The summed E-state index contributed by atoms with van der Waals surface area (Å²) in [5.41, 5.74) is 17.1. The summed E-state index contributed by atoms with van der Waals surface area (Å²) in [5, 5.41) is 41.1. The molecule has 4 aromatic heterocycles. The Bertz CT molecular complexity index is 4320. The summed E-state index contributed by atoms with van der Waals surface area (Å²) < 4.78 is 95.8. The van der Waals surface area contributed by atoms with E-state index in [1.165, 1.54) is 18.3 Å². The molecular formula is C91H138N12O24. The van der Waals surface area contributed by atoms with E-state index in [1.54, 1.807) is 51.8 Å². The van der Waals surface area contributed by atoms with E-state index in [0.717, 1.165) is 30.4 Å². The lowest BCUT2D eigenvalue weighted by molar-refractivity contribution is -0.265. The van der Waals surface area contributed by atoms with Gasteiger partial charge in [0, 0.05) is 83.5 Å². The molecule has 36 nitrogen and oxygen atoms in total. The van der Waals surface area contributed by atoms with Crippen molar-refractivity contribution in [1.82, 2.24) is 49.9 Å². The first-order valence-electron chi connectivity index (χ1n) is 45.0. The SMILES string of the molecule is CO[C@H]1C[C@@H]2CC[C@@H](C)[C@@](O)(O2)C(=O)C(=O)N2CCCCC2C(=O)O[C@H]([C@H](C)C[C@@H]2CC[C@H](n3cc(COCCOCCOCCOCCOCCOCCOCCOCCOCCOCCC(=O)NCCCCn4nc(-c5ccc6oc(N)nc6c5)c5c(N)ncnc54)nn3)[C@H](OC)C2)CC(=O)[C@H](C)/C=C(\C)[C@@H](O)[C@@H](OC)C(=O)[C@H](C)C[C@H](C)/C=C/C=C/C=C/1C. The van der Waals surface area contributed by atoms with Gasteiger partial charge in [-0.3, -0.25) is 24.0 Å². The van der Waals surface area contributed by atoms with Gasteiger partial charge in [0.2, 0.25) is 11.7 Å². The van der Waals surface area contributed by atoms with Gasteiger partial charge < -0.3 is 107 Å². The van der Waals surface area contributed by atoms with Crippen LogP contribution in [0.15, 0.2) is 82.7 Å². The van der Waals surface area contributed by atoms with Crippen molar-refractivity contribution in [3.05, 3.63) is 84.0 Å². The highest BCUT2D eigenvalue weighted by Gasteiger charge is 2.53. The Labute approximate surface area is 744 Å². The summed E-state index contributed by atoms with van der Waals surface area (Å²) in [6, 6.07) is 4.25. The molecule has 36 heteroatoms. The molecule has 3 aliphatic heterocycles. The van der Waals surface area contributed by atoms with Crippen LogP contribution in [0.3, 0.4) is 0 Å². The highest BCUT2D eigenvalue weighted by Crippen LogP contribution is 2.41. The number of nitrogens with two attached hydrogens (primary N) is 2. The van der Waals surface area contributed by atoms with E-state index in [2.05, 4.69) is 30.6 Å². The molecular weight excluding hydrogens is 1650 g/mol. The molecule has 1 aliphatic carbocycles. The number of unbranched alkanes of at least 4 members (excludes halogenated alkanes) is 1. The number of ether oxygens (including phenoxy) is 15. The molecule has 5 aromatic rings. The molecule has 706 valence electrons. The van der Waals surface area contributed by atoms with Crippen molar-refractivity contribution >= 4 is 69.1 Å². The number of aliphatic hydroxyl groups is 2. The largest absolute Gasteiger partial charge is 0.460 e. The van der Waals surface area contributed by atoms with Gasteiger partial charge in [0.05, 0.1) is 168 Å². The summed E-state index contributed by atoms with van der Waals surface area (Å²) >= 11 is 0. The van der Waals surface area contributed by atoms with Crippen molar-refractivity contribution in [3.8, 4) is 11.3 Å². The Hall–Kier alpha value is -8.28. The standard InChI is InChI=1S/C91H138N12O24/c1-60-18-12-11-13-19-61(2)76(112-8)55-70-24-21-66(7)91(111,127-70)85(108)88(109)101-29-16-14-20-73(101)89(110)125-77(56-74(104)62(3)51-65(6)83(107)84(114-10)82(106)64(5)50-60)63(4)52-67-22-25-72(78(53-67)113-9)103-57-69(98-100-103)58-124-49-48-123-47-46-122-45-44-121-43-42-120-41-40-119-39-38-118-37-36-117-35-34-116-33-32-115-31-27-79(105)94-28-15-17-30-102-87-80(86(92)95-59-96-87)81(99-102)68-23-26-75-71(54-68)97-90(93)126-75/h11-13,18-19,23,26,51,54,57,59-60,62-64,66-67,70,72-73,76-78,83-84,107,111H,14-17,20-22,24-25,27-50,52-53,55-56,58H2,1-10H3,(H2,93,97)(H,94,105)(H2,92,95,96)/b13-11+,18-12+,61-19+,65-51+/t60-,62-,63-,64-,66-,67+,70+,72+,73?,76+,77+,78-,83-,84+,91-/m1/s1. The average molecular weight is 1780 g/mol. The van der Waals surface area contributed by atoms with Crippen LogP contribution >= 0.6 is 0 Å². The third-order valence-electron chi connectivity index (χ3n) is 23.8. The fraction of sp³-hybridized carbons (Fsp3) is 0.692. The van der Waals surface area contributed by atoms with E-state index >= 15 is 0 Å². The van der Waals surface area contributed by atoms with Crippen molar-refractivity contribution < 1.29 is 114 Å². The lowest BCUT2D eigenvalue weighted by atomic mass is 9.77. The minimum absolute atomic E-state index is 0.0103. The lowest BCUT2D eigenvalue weighted by Gasteiger charge is -2.42. The summed E-state index contributed by atoms with van der Waals surface area (Å²) in [5.74, 6) is -8.11. The van der Waals surface area contributed by atoms with Crippen LogP contribution in [-0.4, -0.2) is 298 Å². The normalized spacial score (nSPS) is 26.5. The van der Waals surface area contributed by atoms with Crippen molar-refractivity contribution in [2.75, 3.05) is 171 Å². The van der Waals surface area contributed by atoms with E-state index in [0.29, 0.717) is 235 Å². The molecule has 1 unspecified atom stereocenters. The number of cyclic esters (lactones) is 1. The molecule has 7 N–H and O–H groups in total. The van der Waals surface area contributed by atoms with Gasteiger partial charge in [0.25, 0.3) is 17.7 Å². The molecule has 2 saturated heterocycles. The van der Waals surface area contributed by atoms with Crippen LogP contribution in [0.2, 0.25) is 0 Å². The van der Waals surface area contributed by atoms with E-state index in [1.807, 2.05) is 81.1 Å². The van der Waals surface area contributed by atoms with Crippen molar-refractivity contribution in [1.29, 1.82) is 0 Å². The van der Waals surface area contributed by atoms with E-state index in [4.69, 9.17) is 92.0 Å². The maximum absolute atomic E-state index is 14.8. The number of fused-ring (bicyclic) bond motifs is 5. The molecule has 15 atom stereocenters. The van der Waals surface area contributed by atoms with Crippen LogP contribution in [0.1, 0.15) is 157 Å². The molecule has 3 fully saturated rings. The molecule has 9 rings (SSSR count). The van der Waals surface area contributed by atoms with Gasteiger partial charge in [-0.15, -0.1) is 5.10 Å². The number of methoxy groups -OCH3 is 3. The second-order valence-electron chi connectivity index (χ2n) is 33.4. The summed E-state index contributed by atoms with van der Waals surface area (Å²) in [7, 11) is 4.62. The number of aromatic nitrogens is 8. The van der Waals surface area contributed by atoms with Crippen LogP contribution in [0.25, 0.3) is 33.4 Å². The molecule has 0 spiro atoms. The summed E-state index contributed by atoms with van der Waals surface area (Å²) in [6.07, 6.45) is 16.6. The van der Waals surface area contributed by atoms with Crippen LogP contribution in [0.5, 0.6) is 0 Å². The second-order valence-corrected chi connectivity index (χ2v) is 33.4. The Kier molecular flexibility index (Phi) is 43.9. The average Bonchev–Trinajstić information content (AvgIpc) is 1.44. The summed E-state index contributed by atoms with van der Waals surface area (Å²) in [4.78, 5) is 98.8. The fourth-order valence-corrected chi connectivity index (χ4v) is 16.5. The number of aryl methyl sites for hydroxylation is 1. The first-order chi connectivity index (χ1) is 61.4. The van der Waals surface area contributed by atoms with Gasteiger partial charge in [-0.2, -0.15) is 10.1 Å². The number of nitrogen functional groups attached to an aromatic ring is 2. The quantitative estimate of drug-likeness (QED) is 0.0106. The van der Waals surface area contributed by atoms with Gasteiger partial charge >= 0.3 is 5.97 Å². The fourth-order valence-electron chi connectivity index (χ4n) is 16.5. The number of piperidine rings is 1. The van der Waals surface area contributed by atoms with Crippen LogP contribution < -0.4 is 16.8 Å². The Morgan fingerprint density at radius 2 is 1.36 bits per heavy atom. The minimum Gasteiger partial charge on any atom is -0.460 e. The van der Waals surface area contributed by atoms with Crippen LogP contribution in [-0.2, 0) is 113 Å². The third kappa shape index (κ3) is 32.1. The molecule has 2 bridgehead atoms. The Morgan fingerprint density at radius 3 is 2.00 bits per heavy atom. The highest BCUT2D eigenvalue weighted by molar-refractivity contribution is 6.39. The molecule has 0 radical (unpaired) electrons. The van der Waals surface area contributed by atoms with Gasteiger partial charge in [0.15, 0.2) is 17.0 Å². The van der Waals surface area contributed by atoms with Crippen molar-refractivity contribution in [2.45, 2.75) is 212 Å². The summed E-state index contributed by atoms with van der Waals surface area (Å²) in [6.45, 7) is 21.6. The maximum atomic E-state index is 14.8. The Morgan fingerprint density at radius 1 is 0.717 bits per heavy atom. The van der Waals surface area contributed by atoms with E-state index < -0.39 is 83.7 Å². The number of aliphatic hydroxyl groups excluding tert-OH is 1. The Balaban J connectivity index is 0.587. The number of hydrogen-bond donors (Lipinski definition) is 5. The zero-order valence-electron chi connectivity index (χ0n) is 75.9. The molecule has 4 aliphatic rings. The number of esters is 1. The zero-order valence-corrected chi connectivity index (χ0v) is 75.9. The smallest absolute Gasteiger partial charge is 0.329 e. The predicted octanol–water partition coefficient (Wildman–Crippen LogP) is 8.42. The number of ketones is 3. The van der Waals surface area contributed by atoms with Gasteiger partial charge in [0.1, 0.15) is 59.2 Å². The predicted molar refractivity (Wildman–Crippen MR) is 469 cm³/mol. The molecule has 1 saturated carbocycles. The van der Waals surface area contributed by atoms with E-state index in [9.17, 15) is 39.0 Å². The third-order valence-corrected chi connectivity index (χ3v) is 23.8. The zero-order chi connectivity index (χ0) is 91.0. The van der Waals surface area contributed by atoms with Crippen molar-refractivity contribution in [2.24, 2.45) is 35.5 Å². The maximum Gasteiger partial charge on any atom is 0.329 e. The monoisotopic (exact) mass is 1780 g/mol. The van der Waals surface area contributed by atoms with Gasteiger partial charge in [-0.1, -0.05) is 76.3 Å². The number of allylic oxidation sites excluding steroid dienone is 6. The number of oxazole rings is 1. The van der Waals surface area contributed by atoms with Crippen LogP contribution in [0.4, 0.5) is 11.8 Å². The molecule has 7 heterocycles. The van der Waals surface area contributed by atoms with E-state index in [-0.39, 0.29) is 86.5 Å². The topological polar surface area (TPSA) is 449 Å². The first-order valence-corrected chi connectivity index (χ1v) is 45.0. The molecule has 1 aromatic carbocycles. The lowest BCUT2D eigenvalue weighted by Crippen LogP contribution is -2.61. The number of carbonyl (C=O) groups excluding carboxylic acids is 6.